The molecule has 1 aromatic rings. The summed E-state index contributed by atoms with van der Waals surface area (Å²) in [4.78, 5) is 2.24. The molecule has 0 aliphatic heterocycles. The minimum atomic E-state index is 0.410. The van der Waals surface area contributed by atoms with Crippen molar-refractivity contribution in [2.75, 3.05) is 20.6 Å². The SMILES string of the molecule is Cc1cc(C)c(C(C)NCC(C)N(C)C)c(C)c1. The van der Waals surface area contributed by atoms with E-state index in [1.54, 1.807) is 0 Å². The molecule has 0 aliphatic carbocycles. The van der Waals surface area contributed by atoms with Crippen LogP contribution in [0.3, 0.4) is 0 Å². The third-order valence-corrected chi connectivity index (χ3v) is 3.77. The van der Waals surface area contributed by atoms with Crippen LogP contribution in [0.25, 0.3) is 0 Å². The molecule has 0 heterocycles. The molecule has 0 aliphatic rings. The van der Waals surface area contributed by atoms with Crippen molar-refractivity contribution >= 4 is 0 Å². The number of rotatable bonds is 5. The summed E-state index contributed by atoms with van der Waals surface area (Å²) in [7, 11) is 4.25. The first kappa shape index (κ1) is 15.2. The predicted octanol–water partition coefficient (Wildman–Crippen LogP) is 3.21. The predicted molar refractivity (Wildman–Crippen MR) is 80.2 cm³/mol. The average molecular weight is 248 g/mol. The largest absolute Gasteiger partial charge is 0.309 e. The Morgan fingerprint density at radius 2 is 1.56 bits per heavy atom. The van der Waals surface area contributed by atoms with E-state index < -0.39 is 0 Å². The molecule has 0 radical (unpaired) electrons. The fraction of sp³-hybridized carbons (Fsp3) is 0.625. The van der Waals surface area contributed by atoms with E-state index in [0.717, 1.165) is 6.54 Å². The van der Waals surface area contributed by atoms with Gasteiger partial charge >= 0.3 is 0 Å². The Morgan fingerprint density at radius 1 is 1.06 bits per heavy atom. The van der Waals surface area contributed by atoms with Crippen LogP contribution in [0.1, 0.15) is 42.1 Å². The maximum Gasteiger partial charge on any atom is 0.0297 e. The van der Waals surface area contributed by atoms with Crippen molar-refractivity contribution in [3.63, 3.8) is 0 Å². The number of benzene rings is 1. The first-order valence-electron chi connectivity index (χ1n) is 6.80. The molecule has 1 rings (SSSR count). The lowest BCUT2D eigenvalue weighted by Crippen LogP contribution is -2.36. The van der Waals surface area contributed by atoms with E-state index >= 15 is 0 Å². The number of nitrogens with one attached hydrogen (secondary N) is 1. The van der Waals surface area contributed by atoms with Crippen LogP contribution in [0.15, 0.2) is 12.1 Å². The first-order chi connectivity index (χ1) is 8.32. The molecule has 0 spiro atoms. The Morgan fingerprint density at radius 3 is 2.00 bits per heavy atom. The normalized spacial score (nSPS) is 14.9. The summed E-state index contributed by atoms with van der Waals surface area (Å²) in [5.41, 5.74) is 5.59. The number of hydrogen-bond acceptors (Lipinski definition) is 2. The molecular weight excluding hydrogens is 220 g/mol. The molecule has 18 heavy (non-hydrogen) atoms. The highest BCUT2D eigenvalue weighted by Crippen LogP contribution is 2.23. The Bertz CT molecular complexity index is 373. The molecule has 2 unspecified atom stereocenters. The second-order valence-electron chi connectivity index (χ2n) is 5.75. The highest BCUT2D eigenvalue weighted by molar-refractivity contribution is 5.39. The van der Waals surface area contributed by atoms with Gasteiger partial charge in [0.2, 0.25) is 0 Å². The lowest BCUT2D eigenvalue weighted by molar-refractivity contribution is 0.295. The molecule has 0 fully saturated rings. The van der Waals surface area contributed by atoms with Gasteiger partial charge in [-0.15, -0.1) is 0 Å². The molecule has 0 saturated carbocycles. The lowest BCUT2D eigenvalue weighted by Gasteiger charge is -2.25. The van der Waals surface area contributed by atoms with Crippen molar-refractivity contribution in [2.45, 2.75) is 46.7 Å². The zero-order chi connectivity index (χ0) is 13.9. The molecule has 0 amide bonds. The molecule has 0 aromatic heterocycles. The molecular formula is C16H28N2. The average Bonchev–Trinajstić information content (AvgIpc) is 2.24. The minimum absolute atomic E-state index is 0.410. The zero-order valence-corrected chi connectivity index (χ0v) is 13.0. The molecule has 2 atom stereocenters. The van der Waals surface area contributed by atoms with Crippen molar-refractivity contribution < 1.29 is 0 Å². The molecule has 1 N–H and O–H groups in total. The summed E-state index contributed by atoms with van der Waals surface area (Å²) in [6.45, 7) is 12.1. The van der Waals surface area contributed by atoms with Gasteiger partial charge in [-0.3, -0.25) is 0 Å². The van der Waals surface area contributed by atoms with Gasteiger partial charge in [0.15, 0.2) is 0 Å². The van der Waals surface area contributed by atoms with Gasteiger partial charge in [0.25, 0.3) is 0 Å². The summed E-state index contributed by atoms with van der Waals surface area (Å²) in [6, 6.07) is 5.51. The maximum absolute atomic E-state index is 3.64. The van der Waals surface area contributed by atoms with Crippen LogP contribution in [0, 0.1) is 20.8 Å². The van der Waals surface area contributed by atoms with E-state index in [4.69, 9.17) is 0 Å². The third-order valence-electron chi connectivity index (χ3n) is 3.77. The second kappa shape index (κ2) is 6.35. The van der Waals surface area contributed by atoms with Gasteiger partial charge in [-0.2, -0.15) is 0 Å². The van der Waals surface area contributed by atoms with Gasteiger partial charge in [-0.25, -0.2) is 0 Å². The van der Waals surface area contributed by atoms with Gasteiger partial charge in [-0.05, 0) is 65.4 Å². The van der Waals surface area contributed by atoms with Crippen molar-refractivity contribution in [2.24, 2.45) is 0 Å². The van der Waals surface area contributed by atoms with Gasteiger partial charge in [0, 0.05) is 18.6 Å². The van der Waals surface area contributed by atoms with Gasteiger partial charge < -0.3 is 10.2 Å². The highest BCUT2D eigenvalue weighted by atomic mass is 15.1. The second-order valence-corrected chi connectivity index (χ2v) is 5.75. The summed E-state index contributed by atoms with van der Waals surface area (Å²) >= 11 is 0. The smallest absolute Gasteiger partial charge is 0.0297 e. The van der Waals surface area contributed by atoms with E-state index in [0.29, 0.717) is 12.1 Å². The van der Waals surface area contributed by atoms with E-state index in [-0.39, 0.29) is 0 Å². The van der Waals surface area contributed by atoms with Crippen LogP contribution in [-0.4, -0.2) is 31.6 Å². The standard InChI is InChI=1S/C16H28N2/c1-11-8-12(2)16(13(3)9-11)15(5)17-10-14(4)18(6)7/h8-9,14-15,17H,10H2,1-7H3. The van der Waals surface area contributed by atoms with E-state index in [1.165, 1.54) is 22.3 Å². The lowest BCUT2D eigenvalue weighted by atomic mass is 9.95. The van der Waals surface area contributed by atoms with E-state index in [1.807, 2.05) is 0 Å². The zero-order valence-electron chi connectivity index (χ0n) is 13.0. The van der Waals surface area contributed by atoms with E-state index in [9.17, 15) is 0 Å². The van der Waals surface area contributed by atoms with Crippen LogP contribution in [0.5, 0.6) is 0 Å². The molecule has 102 valence electrons. The van der Waals surface area contributed by atoms with Gasteiger partial charge in [-0.1, -0.05) is 17.7 Å². The van der Waals surface area contributed by atoms with Crippen LogP contribution in [0.2, 0.25) is 0 Å². The van der Waals surface area contributed by atoms with Crippen LogP contribution < -0.4 is 5.32 Å². The topological polar surface area (TPSA) is 15.3 Å². The summed E-state index contributed by atoms with van der Waals surface area (Å²) in [5, 5.41) is 3.64. The van der Waals surface area contributed by atoms with Gasteiger partial charge in [0.1, 0.15) is 0 Å². The number of hydrogen-bond donors (Lipinski definition) is 1. The monoisotopic (exact) mass is 248 g/mol. The number of likely N-dealkylation sites (N-methyl/N-ethyl adjacent to an activating group) is 1. The van der Waals surface area contributed by atoms with Gasteiger partial charge in [0.05, 0.1) is 0 Å². The minimum Gasteiger partial charge on any atom is -0.309 e. The first-order valence-corrected chi connectivity index (χ1v) is 6.80. The fourth-order valence-corrected chi connectivity index (χ4v) is 2.51. The highest BCUT2D eigenvalue weighted by Gasteiger charge is 2.13. The molecule has 2 nitrogen and oxygen atoms in total. The summed E-state index contributed by atoms with van der Waals surface area (Å²) in [5.74, 6) is 0. The van der Waals surface area contributed by atoms with Crippen LogP contribution >= 0.6 is 0 Å². The Hall–Kier alpha value is -0.860. The third kappa shape index (κ3) is 3.82. The fourth-order valence-electron chi connectivity index (χ4n) is 2.51. The van der Waals surface area contributed by atoms with E-state index in [2.05, 4.69) is 71.1 Å². The van der Waals surface area contributed by atoms with Crippen molar-refractivity contribution in [1.82, 2.24) is 10.2 Å². The molecule has 0 bridgehead atoms. The van der Waals surface area contributed by atoms with Crippen LogP contribution in [-0.2, 0) is 0 Å². The molecule has 2 heteroatoms. The number of aryl methyl sites for hydroxylation is 3. The molecule has 0 saturated heterocycles. The Kier molecular flexibility index (Phi) is 5.36. The molecule has 1 aromatic carbocycles. The Balaban J connectivity index is 2.76. The van der Waals surface area contributed by atoms with Crippen LogP contribution in [0.4, 0.5) is 0 Å². The van der Waals surface area contributed by atoms with Crippen molar-refractivity contribution in [3.8, 4) is 0 Å². The van der Waals surface area contributed by atoms with Crippen molar-refractivity contribution in [3.05, 3.63) is 34.4 Å². The summed E-state index contributed by atoms with van der Waals surface area (Å²) in [6.07, 6.45) is 0. The summed E-state index contributed by atoms with van der Waals surface area (Å²) < 4.78 is 0. The van der Waals surface area contributed by atoms with Crippen molar-refractivity contribution in [1.29, 1.82) is 0 Å². The quantitative estimate of drug-likeness (QED) is 0.861. The maximum atomic E-state index is 3.64. The Labute approximate surface area is 112 Å². The number of nitrogens with zero attached hydrogens (tertiary/aromatic N) is 1.